The first kappa shape index (κ1) is 18.7. The number of carbonyl (C=O) groups is 2. The van der Waals surface area contributed by atoms with Crippen LogP contribution >= 0.6 is 11.6 Å². The van der Waals surface area contributed by atoms with Crippen molar-refractivity contribution in [1.29, 1.82) is 0 Å². The lowest BCUT2D eigenvalue weighted by Crippen LogP contribution is -2.42. The van der Waals surface area contributed by atoms with Crippen molar-refractivity contribution >= 4 is 33.3 Å². The highest BCUT2D eigenvalue weighted by molar-refractivity contribution is 7.90. The predicted molar refractivity (Wildman–Crippen MR) is 89.9 cm³/mol. The lowest BCUT2D eigenvalue weighted by Gasteiger charge is -2.29. The molecule has 0 aliphatic carbocycles. The fraction of sp³-hybridized carbons (Fsp3) is 0.500. The van der Waals surface area contributed by atoms with Crippen molar-refractivity contribution < 1.29 is 22.7 Å². The van der Waals surface area contributed by atoms with Gasteiger partial charge in [-0.25, -0.2) is 13.2 Å². The normalized spacial score (nSPS) is 16.5. The van der Waals surface area contributed by atoms with E-state index in [-0.39, 0.29) is 21.4 Å². The lowest BCUT2D eigenvalue weighted by atomic mass is 10.1. The number of nitrogens with zero attached hydrogens (tertiary/aromatic N) is 1. The molecule has 1 aromatic carbocycles. The summed E-state index contributed by atoms with van der Waals surface area (Å²) in [6, 6.07) is 3.81. The highest BCUT2D eigenvalue weighted by Crippen LogP contribution is 2.22. The number of amides is 1. The number of rotatable bonds is 4. The molecule has 0 bridgehead atoms. The SMILES string of the molecule is C[C@@H](OC(=O)c1cc(S(C)(=O)=O)ccc1Cl)C(=O)N1CCCCC1. The summed E-state index contributed by atoms with van der Waals surface area (Å²) >= 11 is 5.96. The Bertz CT molecular complexity index is 741. The summed E-state index contributed by atoms with van der Waals surface area (Å²) in [6.45, 7) is 2.82. The number of esters is 1. The summed E-state index contributed by atoms with van der Waals surface area (Å²) in [5, 5.41) is 0.0741. The van der Waals surface area contributed by atoms with Gasteiger partial charge < -0.3 is 9.64 Å². The van der Waals surface area contributed by atoms with Crippen molar-refractivity contribution in [3.05, 3.63) is 28.8 Å². The Labute approximate surface area is 146 Å². The van der Waals surface area contributed by atoms with E-state index in [1.165, 1.54) is 19.1 Å². The molecule has 2 rings (SSSR count). The molecule has 1 aliphatic rings. The number of hydrogen-bond donors (Lipinski definition) is 0. The Morgan fingerprint density at radius 3 is 2.42 bits per heavy atom. The molecule has 1 heterocycles. The molecule has 1 saturated heterocycles. The highest BCUT2D eigenvalue weighted by atomic mass is 35.5. The van der Waals surface area contributed by atoms with Crippen LogP contribution in [0, 0.1) is 0 Å². The number of carbonyl (C=O) groups excluding carboxylic acids is 2. The van der Waals surface area contributed by atoms with Crippen LogP contribution in [0.3, 0.4) is 0 Å². The van der Waals surface area contributed by atoms with E-state index in [9.17, 15) is 18.0 Å². The van der Waals surface area contributed by atoms with Crippen molar-refractivity contribution in [2.75, 3.05) is 19.3 Å². The summed E-state index contributed by atoms with van der Waals surface area (Å²) in [7, 11) is -3.48. The molecular weight excluding hydrogens is 354 g/mol. The van der Waals surface area contributed by atoms with E-state index in [1.807, 2.05) is 0 Å². The van der Waals surface area contributed by atoms with Gasteiger partial charge in [-0.3, -0.25) is 4.79 Å². The quantitative estimate of drug-likeness (QED) is 0.756. The van der Waals surface area contributed by atoms with Gasteiger partial charge in [-0.2, -0.15) is 0 Å². The molecule has 1 fully saturated rings. The molecule has 6 nitrogen and oxygen atoms in total. The van der Waals surface area contributed by atoms with Crippen molar-refractivity contribution in [2.24, 2.45) is 0 Å². The molecule has 0 N–H and O–H groups in total. The van der Waals surface area contributed by atoms with Crippen LogP contribution in [0.25, 0.3) is 0 Å². The molecule has 8 heteroatoms. The fourth-order valence-electron chi connectivity index (χ4n) is 2.54. The van der Waals surface area contributed by atoms with Gasteiger partial charge >= 0.3 is 5.97 Å². The van der Waals surface area contributed by atoms with Crippen LogP contribution in [0.15, 0.2) is 23.1 Å². The molecule has 0 spiro atoms. The van der Waals surface area contributed by atoms with E-state index in [1.54, 1.807) is 4.90 Å². The van der Waals surface area contributed by atoms with Crippen molar-refractivity contribution in [2.45, 2.75) is 37.2 Å². The van der Waals surface area contributed by atoms with Crippen LogP contribution in [0.4, 0.5) is 0 Å². The van der Waals surface area contributed by atoms with Gasteiger partial charge in [0.05, 0.1) is 15.5 Å². The Hall–Kier alpha value is -1.60. The number of likely N-dealkylation sites (tertiary alicyclic amines) is 1. The number of sulfone groups is 1. The van der Waals surface area contributed by atoms with Crippen LogP contribution in [-0.4, -0.2) is 50.6 Å². The molecule has 0 saturated carbocycles. The minimum absolute atomic E-state index is 0.0335. The second-order valence-electron chi connectivity index (χ2n) is 5.85. The van der Waals surface area contributed by atoms with Crippen LogP contribution in [0.5, 0.6) is 0 Å². The van der Waals surface area contributed by atoms with Gasteiger partial charge in [0.15, 0.2) is 15.9 Å². The minimum atomic E-state index is -3.48. The van der Waals surface area contributed by atoms with E-state index < -0.39 is 21.9 Å². The second-order valence-corrected chi connectivity index (χ2v) is 8.27. The van der Waals surface area contributed by atoms with Crippen LogP contribution in [0.1, 0.15) is 36.5 Å². The second kappa shape index (κ2) is 7.53. The molecule has 24 heavy (non-hydrogen) atoms. The van der Waals surface area contributed by atoms with E-state index in [0.29, 0.717) is 13.1 Å². The maximum atomic E-state index is 12.3. The fourth-order valence-corrected chi connectivity index (χ4v) is 3.38. The standard InChI is InChI=1S/C16H20ClNO5S/c1-11(15(19)18-8-4-3-5-9-18)23-16(20)13-10-12(24(2,21)22)6-7-14(13)17/h6-7,10-11H,3-5,8-9H2,1-2H3/t11-/m1/s1. The molecule has 1 aliphatic heterocycles. The first-order valence-electron chi connectivity index (χ1n) is 7.69. The average molecular weight is 374 g/mol. The first-order chi connectivity index (χ1) is 11.2. The van der Waals surface area contributed by atoms with Gasteiger partial charge in [-0.05, 0) is 44.4 Å². The number of halogens is 1. The zero-order chi connectivity index (χ0) is 17.9. The molecule has 0 radical (unpaired) electrons. The third kappa shape index (κ3) is 4.48. The maximum Gasteiger partial charge on any atom is 0.340 e. The van der Waals surface area contributed by atoms with E-state index in [2.05, 4.69) is 0 Å². The Balaban J connectivity index is 2.12. The maximum absolute atomic E-state index is 12.3. The monoisotopic (exact) mass is 373 g/mol. The Morgan fingerprint density at radius 2 is 1.83 bits per heavy atom. The van der Waals surface area contributed by atoms with Crippen molar-refractivity contribution in [3.8, 4) is 0 Å². The molecule has 1 amide bonds. The summed E-state index contributed by atoms with van der Waals surface area (Å²) in [6.07, 6.45) is 3.05. The van der Waals surface area contributed by atoms with Crippen molar-refractivity contribution in [3.63, 3.8) is 0 Å². The van der Waals surface area contributed by atoms with Gasteiger partial charge in [-0.15, -0.1) is 0 Å². The molecule has 0 aromatic heterocycles. The van der Waals surface area contributed by atoms with E-state index >= 15 is 0 Å². The van der Waals surface area contributed by atoms with Crippen LogP contribution in [0.2, 0.25) is 5.02 Å². The largest absolute Gasteiger partial charge is 0.449 e. The van der Waals surface area contributed by atoms with Gasteiger partial charge in [0.2, 0.25) is 0 Å². The van der Waals surface area contributed by atoms with Gasteiger partial charge in [0.1, 0.15) is 0 Å². The zero-order valence-corrected chi connectivity index (χ0v) is 15.2. The minimum Gasteiger partial charge on any atom is -0.449 e. The average Bonchev–Trinajstić information content (AvgIpc) is 2.54. The smallest absolute Gasteiger partial charge is 0.340 e. The summed E-state index contributed by atoms with van der Waals surface area (Å²) in [5.41, 5.74) is -0.0714. The summed E-state index contributed by atoms with van der Waals surface area (Å²) in [5.74, 6) is -1.07. The molecular formula is C16H20ClNO5S. The molecule has 1 atom stereocenters. The predicted octanol–water partition coefficient (Wildman–Crippen LogP) is 2.30. The van der Waals surface area contributed by atoms with Gasteiger partial charge in [-0.1, -0.05) is 11.6 Å². The Kier molecular flexibility index (Phi) is 5.87. The van der Waals surface area contributed by atoms with Gasteiger partial charge in [0, 0.05) is 19.3 Å². The third-order valence-electron chi connectivity index (χ3n) is 3.89. The van der Waals surface area contributed by atoms with E-state index in [0.717, 1.165) is 31.6 Å². The van der Waals surface area contributed by atoms with Crippen LogP contribution in [-0.2, 0) is 19.4 Å². The lowest BCUT2D eigenvalue weighted by molar-refractivity contribution is -0.140. The number of piperidine rings is 1. The summed E-state index contributed by atoms with van der Waals surface area (Å²) in [4.78, 5) is 26.2. The molecule has 0 unspecified atom stereocenters. The van der Waals surface area contributed by atoms with Gasteiger partial charge in [0.25, 0.3) is 5.91 Å². The number of ether oxygens (including phenoxy) is 1. The topological polar surface area (TPSA) is 80.8 Å². The Morgan fingerprint density at radius 1 is 1.21 bits per heavy atom. The van der Waals surface area contributed by atoms with Crippen molar-refractivity contribution in [1.82, 2.24) is 4.90 Å². The zero-order valence-electron chi connectivity index (χ0n) is 13.6. The highest BCUT2D eigenvalue weighted by Gasteiger charge is 2.26. The number of hydrogen-bond acceptors (Lipinski definition) is 5. The number of benzene rings is 1. The van der Waals surface area contributed by atoms with E-state index in [4.69, 9.17) is 16.3 Å². The summed E-state index contributed by atoms with van der Waals surface area (Å²) < 4.78 is 28.4. The molecule has 132 valence electrons. The molecule has 1 aromatic rings. The van der Waals surface area contributed by atoms with Crippen LogP contribution < -0.4 is 0 Å². The first-order valence-corrected chi connectivity index (χ1v) is 9.96. The third-order valence-corrected chi connectivity index (χ3v) is 5.33.